The summed E-state index contributed by atoms with van der Waals surface area (Å²) in [7, 11) is 2.59. The highest BCUT2D eigenvalue weighted by Gasteiger charge is 2.20. The van der Waals surface area contributed by atoms with E-state index < -0.39 is 8.16 Å². The zero-order valence-corrected chi connectivity index (χ0v) is 22.8. The third-order valence-electron chi connectivity index (χ3n) is 7.01. The summed E-state index contributed by atoms with van der Waals surface area (Å²) in [5.41, 5.74) is 7.95. The van der Waals surface area contributed by atoms with Crippen LogP contribution in [0.5, 0.6) is 0 Å². The molecule has 6 heteroatoms. The van der Waals surface area contributed by atoms with Crippen LogP contribution in [0.3, 0.4) is 0 Å². The van der Waals surface area contributed by atoms with Crippen molar-refractivity contribution in [2.45, 2.75) is 6.92 Å². The lowest BCUT2D eigenvalue weighted by Gasteiger charge is -2.13. The second-order valence-electron chi connectivity index (χ2n) is 9.84. The Morgan fingerprint density at radius 1 is 0.615 bits per heavy atom. The first kappa shape index (κ1) is 23.7. The molecule has 1 unspecified atom stereocenters. The molecule has 39 heavy (non-hydrogen) atoms. The number of hydrogen-bond acceptors (Lipinski definition) is 5. The van der Waals surface area contributed by atoms with Crippen molar-refractivity contribution in [3.63, 3.8) is 0 Å². The van der Waals surface area contributed by atoms with Crippen molar-refractivity contribution in [1.82, 2.24) is 9.97 Å². The first-order chi connectivity index (χ1) is 19.1. The monoisotopic (exact) mass is 527 g/mol. The summed E-state index contributed by atoms with van der Waals surface area (Å²) in [5, 5.41) is 4.13. The molecule has 0 bridgehead atoms. The average molecular weight is 528 g/mol. The fourth-order valence-electron chi connectivity index (χ4n) is 5.18. The Bertz CT molecular complexity index is 2050. The number of benzene rings is 5. The summed E-state index contributed by atoms with van der Waals surface area (Å²) in [6.07, 6.45) is 0. The lowest BCUT2D eigenvalue weighted by atomic mass is 9.99. The third-order valence-corrected chi connectivity index (χ3v) is 8.37. The van der Waals surface area contributed by atoms with Crippen LogP contribution in [0.15, 0.2) is 112 Å². The molecule has 0 fully saturated rings. The van der Waals surface area contributed by atoms with E-state index in [4.69, 9.17) is 18.4 Å². The van der Waals surface area contributed by atoms with Gasteiger partial charge in [-0.25, -0.2) is 14.6 Å². The van der Waals surface area contributed by atoms with E-state index in [1.54, 1.807) is 0 Å². The fourth-order valence-corrected chi connectivity index (χ4v) is 6.18. The van der Waals surface area contributed by atoms with Crippen LogP contribution in [0.2, 0.25) is 0 Å². The number of aryl methyl sites for hydroxylation is 1. The fraction of sp³-hybridized carbons (Fsp3) is 0.0909. The van der Waals surface area contributed by atoms with Crippen molar-refractivity contribution in [1.29, 1.82) is 0 Å². The molecule has 0 amide bonds. The largest absolute Gasteiger partial charge is 0.408 e. The molecular weight excluding hydrogens is 501 g/mol. The van der Waals surface area contributed by atoms with Crippen LogP contribution < -0.4 is 4.67 Å². The van der Waals surface area contributed by atoms with Crippen LogP contribution in [0.4, 0.5) is 0 Å². The minimum absolute atomic E-state index is 0.760. The summed E-state index contributed by atoms with van der Waals surface area (Å²) in [6, 6.07) is 35.2. The van der Waals surface area contributed by atoms with Gasteiger partial charge in [0.05, 0.1) is 22.3 Å². The molecule has 5 aromatic carbocycles. The zero-order valence-electron chi connectivity index (χ0n) is 21.9. The molecule has 5 nitrogen and oxygen atoms in total. The van der Waals surface area contributed by atoms with Gasteiger partial charge in [0.2, 0.25) is 0 Å². The molecule has 0 saturated heterocycles. The van der Waals surface area contributed by atoms with Crippen LogP contribution >= 0.6 is 8.16 Å². The van der Waals surface area contributed by atoms with Gasteiger partial charge in [0.15, 0.2) is 0 Å². The van der Waals surface area contributed by atoms with E-state index in [1.807, 2.05) is 61.2 Å². The zero-order chi connectivity index (χ0) is 26.5. The van der Waals surface area contributed by atoms with E-state index in [9.17, 15) is 0 Å². The number of aromatic nitrogens is 2. The van der Waals surface area contributed by atoms with Crippen LogP contribution in [0, 0.1) is 6.92 Å². The molecule has 0 spiro atoms. The van der Waals surface area contributed by atoms with Crippen LogP contribution in [0.1, 0.15) is 5.56 Å². The van der Waals surface area contributed by atoms with E-state index >= 15 is 0 Å². The maximum atomic E-state index is 6.60. The van der Waals surface area contributed by atoms with E-state index in [0.717, 1.165) is 71.8 Å². The minimum atomic E-state index is -1.36. The van der Waals surface area contributed by atoms with Gasteiger partial charge >= 0.3 is 8.16 Å². The Balaban J connectivity index is 1.75. The average Bonchev–Trinajstić information content (AvgIpc) is 3.15. The highest BCUT2D eigenvalue weighted by atomic mass is 31.1. The van der Waals surface area contributed by atoms with Gasteiger partial charge in [-0.3, -0.25) is 0 Å². The molecule has 0 N–H and O–H groups in total. The van der Waals surface area contributed by atoms with Gasteiger partial charge in [-0.1, -0.05) is 91.0 Å². The van der Waals surface area contributed by atoms with Crippen LogP contribution in [-0.2, 0) is 0 Å². The Morgan fingerprint density at radius 2 is 1.21 bits per heavy atom. The number of rotatable bonds is 3. The molecule has 1 atom stereocenters. The van der Waals surface area contributed by atoms with E-state index in [2.05, 4.69) is 67.6 Å². The van der Waals surface area contributed by atoms with Gasteiger partial charge in [0, 0.05) is 30.6 Å². The molecule has 7 rings (SSSR count). The Hall–Kier alpha value is -4.44. The van der Waals surface area contributed by atoms with Crippen molar-refractivity contribution >= 4 is 51.9 Å². The van der Waals surface area contributed by atoms with E-state index in [0.29, 0.717) is 0 Å². The summed E-state index contributed by atoms with van der Waals surface area (Å²) >= 11 is 0. The second-order valence-corrected chi connectivity index (χ2v) is 11.5. The van der Waals surface area contributed by atoms with Crippen LogP contribution in [-0.4, -0.2) is 24.1 Å². The summed E-state index contributed by atoms with van der Waals surface area (Å²) in [4.78, 5) is 10.7. The van der Waals surface area contributed by atoms with Gasteiger partial charge in [-0.05, 0) is 35.4 Å². The lowest BCUT2D eigenvalue weighted by molar-refractivity contribution is 0.635. The second kappa shape index (κ2) is 9.39. The smallest absolute Gasteiger partial charge is 0.309 e. The van der Waals surface area contributed by atoms with Gasteiger partial charge in [0.25, 0.3) is 0 Å². The minimum Gasteiger partial charge on any atom is -0.408 e. The highest BCUT2D eigenvalue weighted by Crippen LogP contribution is 2.42. The molecule has 7 aromatic rings. The summed E-state index contributed by atoms with van der Waals surface area (Å²) in [6.45, 7) is 2.07. The van der Waals surface area contributed by atoms with Gasteiger partial charge in [-0.2, -0.15) is 0 Å². The first-order valence-corrected chi connectivity index (χ1v) is 14.0. The SMILES string of the molecule is Cc1cc2op(N(C)C)oc3ccc4ccccc4c3c2c2nc(-c3ccccc3)c(-c3ccccc3)nc12. The highest BCUT2D eigenvalue weighted by molar-refractivity contribution is 7.38. The summed E-state index contributed by atoms with van der Waals surface area (Å²) < 4.78 is 15.1. The van der Waals surface area contributed by atoms with Crippen molar-refractivity contribution in [2.24, 2.45) is 0 Å². The van der Waals surface area contributed by atoms with Crippen molar-refractivity contribution in [3.05, 3.63) is 109 Å². The maximum Gasteiger partial charge on any atom is 0.309 e. The molecule has 0 aliphatic heterocycles. The Morgan fingerprint density at radius 3 is 1.87 bits per heavy atom. The maximum absolute atomic E-state index is 6.60. The summed E-state index contributed by atoms with van der Waals surface area (Å²) in [5.74, 6) is 0. The number of hydrogen-bond donors (Lipinski definition) is 0. The first-order valence-electron chi connectivity index (χ1n) is 12.9. The molecule has 2 heterocycles. The number of fused-ring (bicyclic) bond motifs is 7. The third kappa shape index (κ3) is 3.99. The standard InChI is InChI=1S/C33H26N3O2P/c1-21-20-27-29(28-25-17-11-10-12-22(25)18-19-26(28)37-39(38-27)36(2)3)33-30(21)34-31(23-13-6-4-7-14-23)32(35-33)24-15-8-5-9-16-24/h4-20H,1-3H3. The molecule has 0 aliphatic rings. The molecule has 0 radical (unpaired) electrons. The molecule has 2 aromatic heterocycles. The van der Waals surface area contributed by atoms with Crippen molar-refractivity contribution in [2.75, 3.05) is 18.8 Å². The molecule has 0 saturated carbocycles. The number of nitrogens with zero attached hydrogens (tertiary/aromatic N) is 3. The van der Waals surface area contributed by atoms with Gasteiger partial charge in [-0.15, -0.1) is 0 Å². The van der Waals surface area contributed by atoms with Crippen LogP contribution in [0.25, 0.3) is 66.3 Å². The predicted octanol–water partition coefficient (Wildman–Crippen LogP) is 9.23. The normalized spacial score (nSPS) is 12.2. The van der Waals surface area contributed by atoms with Crippen molar-refractivity contribution in [3.8, 4) is 22.5 Å². The topological polar surface area (TPSA) is 55.3 Å². The molecular formula is C33H26N3O2P. The van der Waals surface area contributed by atoms with Gasteiger partial charge < -0.3 is 8.39 Å². The van der Waals surface area contributed by atoms with Gasteiger partial charge in [0.1, 0.15) is 16.7 Å². The van der Waals surface area contributed by atoms with Crippen molar-refractivity contribution < 1.29 is 8.39 Å². The van der Waals surface area contributed by atoms with E-state index in [-0.39, 0.29) is 0 Å². The Kier molecular flexibility index (Phi) is 5.70. The predicted molar refractivity (Wildman–Crippen MR) is 163 cm³/mol. The molecule has 190 valence electrons. The van der Waals surface area contributed by atoms with E-state index in [1.165, 1.54) is 0 Å². The lowest BCUT2D eigenvalue weighted by Crippen LogP contribution is -2.02. The Labute approximate surface area is 227 Å². The quantitative estimate of drug-likeness (QED) is 0.229. The molecule has 0 aliphatic carbocycles.